The molecule has 4 heteroatoms. The summed E-state index contributed by atoms with van der Waals surface area (Å²) in [5, 5.41) is 10.2. The summed E-state index contributed by atoms with van der Waals surface area (Å²) < 4.78 is 0. The molecule has 0 saturated carbocycles. The van der Waals surface area contributed by atoms with Crippen LogP contribution in [0.1, 0.15) is 12.5 Å². The summed E-state index contributed by atoms with van der Waals surface area (Å²) in [5.41, 5.74) is 0.207. The zero-order valence-electron chi connectivity index (χ0n) is 9.56. The number of hydrogen-bond donors (Lipinski definition) is 1. The summed E-state index contributed by atoms with van der Waals surface area (Å²) in [6.45, 7) is 2.52. The van der Waals surface area contributed by atoms with Crippen molar-refractivity contribution in [2.24, 2.45) is 0 Å². The summed E-state index contributed by atoms with van der Waals surface area (Å²) in [7, 11) is 0. The van der Waals surface area contributed by atoms with Crippen LogP contribution < -0.4 is 0 Å². The Labute approximate surface area is 105 Å². The van der Waals surface area contributed by atoms with Gasteiger partial charge in [0.15, 0.2) is 0 Å². The monoisotopic (exact) mass is 251 g/mol. The number of aliphatic hydroxyl groups is 1. The van der Waals surface area contributed by atoms with Crippen LogP contribution in [-0.4, -0.2) is 34.6 Å². The molecule has 1 aliphatic heterocycles. The van der Waals surface area contributed by atoms with Crippen LogP contribution in [0.5, 0.6) is 0 Å². The Hall–Kier alpha value is -1.32. The van der Waals surface area contributed by atoms with Gasteiger partial charge in [-0.25, -0.2) is 0 Å². The highest BCUT2D eigenvalue weighted by Gasteiger charge is 2.38. The summed E-state index contributed by atoms with van der Waals surface area (Å²) in [4.78, 5) is 13.3. The van der Waals surface area contributed by atoms with E-state index in [-0.39, 0.29) is 5.91 Å². The van der Waals surface area contributed by atoms with E-state index in [0.29, 0.717) is 18.1 Å². The van der Waals surface area contributed by atoms with Crippen molar-refractivity contribution in [1.82, 2.24) is 4.90 Å². The fourth-order valence-electron chi connectivity index (χ4n) is 1.78. The van der Waals surface area contributed by atoms with E-state index in [1.165, 1.54) is 6.08 Å². The average Bonchev–Trinajstić information content (AvgIpc) is 2.24. The molecule has 17 heavy (non-hydrogen) atoms. The highest BCUT2D eigenvalue weighted by molar-refractivity contribution is 6.30. The predicted octanol–water partition coefficient (Wildman–Crippen LogP) is 1.95. The van der Waals surface area contributed by atoms with Gasteiger partial charge in [-0.3, -0.25) is 4.79 Å². The second-order valence-electron chi connectivity index (χ2n) is 4.58. The first-order chi connectivity index (χ1) is 7.96. The first-order valence-corrected chi connectivity index (χ1v) is 5.79. The van der Waals surface area contributed by atoms with Gasteiger partial charge in [-0.05, 0) is 30.7 Å². The number of likely N-dealkylation sites (tertiary alicyclic amines) is 1. The van der Waals surface area contributed by atoms with Crippen molar-refractivity contribution in [3.8, 4) is 0 Å². The van der Waals surface area contributed by atoms with Crippen LogP contribution in [-0.2, 0) is 4.79 Å². The lowest BCUT2D eigenvalue weighted by Crippen LogP contribution is -2.61. The molecular formula is C13H14ClNO2. The average molecular weight is 252 g/mol. The van der Waals surface area contributed by atoms with Crippen LogP contribution >= 0.6 is 11.6 Å². The van der Waals surface area contributed by atoms with Gasteiger partial charge >= 0.3 is 0 Å². The van der Waals surface area contributed by atoms with Crippen molar-refractivity contribution >= 4 is 23.6 Å². The molecule has 1 amide bonds. The SMILES string of the molecule is CC1(O)CN(C(=O)C=Cc2ccc(Cl)cc2)C1. The summed E-state index contributed by atoms with van der Waals surface area (Å²) in [6, 6.07) is 7.25. The molecule has 0 spiro atoms. The van der Waals surface area contributed by atoms with Crippen LogP contribution in [0.15, 0.2) is 30.3 Å². The molecule has 90 valence electrons. The van der Waals surface area contributed by atoms with Crippen LogP contribution in [0.25, 0.3) is 6.08 Å². The van der Waals surface area contributed by atoms with Gasteiger partial charge in [-0.15, -0.1) is 0 Å². The molecule has 2 rings (SSSR count). The fourth-order valence-corrected chi connectivity index (χ4v) is 1.90. The molecule has 0 radical (unpaired) electrons. The highest BCUT2D eigenvalue weighted by Crippen LogP contribution is 2.20. The van der Waals surface area contributed by atoms with Crippen LogP contribution in [0.2, 0.25) is 5.02 Å². The lowest BCUT2D eigenvalue weighted by molar-refractivity contribution is -0.146. The quantitative estimate of drug-likeness (QED) is 0.817. The van der Waals surface area contributed by atoms with Gasteiger partial charge < -0.3 is 10.0 Å². The number of halogens is 1. The number of amides is 1. The third-order valence-corrected chi connectivity index (χ3v) is 2.91. The first-order valence-electron chi connectivity index (χ1n) is 5.41. The van der Waals surface area contributed by atoms with Gasteiger partial charge in [0.1, 0.15) is 0 Å². The Morgan fingerprint density at radius 3 is 2.53 bits per heavy atom. The zero-order valence-corrected chi connectivity index (χ0v) is 10.3. The molecule has 0 aliphatic carbocycles. The molecule has 1 aromatic rings. The van der Waals surface area contributed by atoms with Gasteiger partial charge in [0, 0.05) is 11.1 Å². The molecule has 0 bridgehead atoms. The molecule has 1 fully saturated rings. The van der Waals surface area contributed by atoms with Gasteiger partial charge in [0.25, 0.3) is 0 Å². The minimum atomic E-state index is -0.718. The highest BCUT2D eigenvalue weighted by atomic mass is 35.5. The maximum Gasteiger partial charge on any atom is 0.246 e. The van der Waals surface area contributed by atoms with E-state index in [4.69, 9.17) is 11.6 Å². The Bertz CT molecular complexity index is 443. The van der Waals surface area contributed by atoms with Crippen LogP contribution in [0.4, 0.5) is 0 Å². The molecule has 1 aromatic carbocycles. The Kier molecular flexibility index (Phi) is 3.22. The van der Waals surface area contributed by atoms with E-state index < -0.39 is 5.60 Å². The van der Waals surface area contributed by atoms with E-state index in [1.54, 1.807) is 30.0 Å². The normalized spacial score (nSPS) is 18.2. The minimum absolute atomic E-state index is 0.0773. The number of hydrogen-bond acceptors (Lipinski definition) is 2. The number of β-amino-alcohol motifs (C(OH)–C–C–N with tert-alkyl or cyclic N) is 1. The molecule has 1 heterocycles. The standard InChI is InChI=1S/C13H14ClNO2/c1-13(17)8-15(9-13)12(16)7-4-10-2-5-11(14)6-3-10/h2-7,17H,8-9H2,1H3. The summed E-state index contributed by atoms with van der Waals surface area (Å²) >= 11 is 5.76. The number of carbonyl (C=O) groups excluding carboxylic acids is 1. The molecule has 0 unspecified atom stereocenters. The lowest BCUT2D eigenvalue weighted by atomic mass is 9.97. The maximum atomic E-state index is 11.7. The largest absolute Gasteiger partial charge is 0.386 e. The molecule has 3 nitrogen and oxygen atoms in total. The predicted molar refractivity (Wildman–Crippen MR) is 67.7 cm³/mol. The first kappa shape index (κ1) is 12.1. The second kappa shape index (κ2) is 4.51. The number of nitrogens with zero attached hydrogens (tertiary/aromatic N) is 1. The zero-order chi connectivity index (χ0) is 12.5. The molecule has 1 saturated heterocycles. The number of benzene rings is 1. The number of carbonyl (C=O) groups is 1. The van der Waals surface area contributed by atoms with Crippen molar-refractivity contribution in [1.29, 1.82) is 0 Å². The van der Waals surface area contributed by atoms with Crippen LogP contribution in [0, 0.1) is 0 Å². The van der Waals surface area contributed by atoms with Crippen molar-refractivity contribution in [2.75, 3.05) is 13.1 Å². The molecule has 0 aromatic heterocycles. The van der Waals surface area contributed by atoms with Crippen molar-refractivity contribution in [2.45, 2.75) is 12.5 Å². The second-order valence-corrected chi connectivity index (χ2v) is 5.01. The third kappa shape index (κ3) is 3.08. The van der Waals surface area contributed by atoms with E-state index in [2.05, 4.69) is 0 Å². The minimum Gasteiger partial charge on any atom is -0.386 e. The van der Waals surface area contributed by atoms with Gasteiger partial charge in [0.2, 0.25) is 5.91 Å². The van der Waals surface area contributed by atoms with E-state index in [0.717, 1.165) is 5.56 Å². The van der Waals surface area contributed by atoms with Crippen molar-refractivity contribution in [3.05, 3.63) is 40.9 Å². The van der Waals surface area contributed by atoms with Gasteiger partial charge in [-0.2, -0.15) is 0 Å². The van der Waals surface area contributed by atoms with E-state index >= 15 is 0 Å². The molecule has 1 N–H and O–H groups in total. The van der Waals surface area contributed by atoms with E-state index in [9.17, 15) is 9.90 Å². The van der Waals surface area contributed by atoms with Gasteiger partial charge in [0.05, 0.1) is 18.7 Å². The number of rotatable bonds is 2. The fraction of sp³-hybridized carbons (Fsp3) is 0.308. The molecule has 1 aliphatic rings. The Balaban J connectivity index is 1.93. The van der Waals surface area contributed by atoms with Crippen molar-refractivity contribution < 1.29 is 9.90 Å². The summed E-state index contributed by atoms with van der Waals surface area (Å²) in [5.74, 6) is -0.0773. The molecule has 0 atom stereocenters. The lowest BCUT2D eigenvalue weighted by Gasteiger charge is -2.43. The molecular weight excluding hydrogens is 238 g/mol. The van der Waals surface area contributed by atoms with Crippen molar-refractivity contribution in [3.63, 3.8) is 0 Å². The Morgan fingerprint density at radius 1 is 1.41 bits per heavy atom. The third-order valence-electron chi connectivity index (χ3n) is 2.66. The topological polar surface area (TPSA) is 40.5 Å². The Morgan fingerprint density at radius 2 is 2.00 bits per heavy atom. The maximum absolute atomic E-state index is 11.7. The van der Waals surface area contributed by atoms with Crippen LogP contribution in [0.3, 0.4) is 0 Å². The van der Waals surface area contributed by atoms with E-state index in [1.807, 2.05) is 12.1 Å². The smallest absolute Gasteiger partial charge is 0.246 e. The summed E-state index contributed by atoms with van der Waals surface area (Å²) in [6.07, 6.45) is 3.25. The van der Waals surface area contributed by atoms with Gasteiger partial charge in [-0.1, -0.05) is 23.7 Å².